The molecule has 2 aromatic rings. The molecule has 1 aliphatic rings. The Morgan fingerprint density at radius 2 is 1.39 bits per heavy atom. The van der Waals surface area contributed by atoms with Gasteiger partial charge in [0.15, 0.2) is 0 Å². The van der Waals surface area contributed by atoms with E-state index < -0.39 is 17.5 Å². The maximum atomic E-state index is 13.2. The van der Waals surface area contributed by atoms with Crippen LogP contribution in [0, 0.1) is 11.6 Å². The van der Waals surface area contributed by atoms with Crippen molar-refractivity contribution in [1.29, 1.82) is 0 Å². The normalized spacial score (nSPS) is 14.9. The van der Waals surface area contributed by atoms with Crippen LogP contribution in [-0.2, 0) is 0 Å². The highest BCUT2D eigenvalue weighted by Crippen LogP contribution is 2.14. The van der Waals surface area contributed by atoms with E-state index in [1.54, 1.807) is 11.0 Å². The number of amides is 2. The first-order valence-electron chi connectivity index (χ1n) is 7.11. The lowest BCUT2D eigenvalue weighted by Crippen LogP contribution is -2.50. The molecule has 0 N–H and O–H groups in total. The lowest BCUT2D eigenvalue weighted by molar-refractivity contribution is 0.0534. The summed E-state index contributed by atoms with van der Waals surface area (Å²) in [6, 6.07) is 4.32. The molecule has 0 atom stereocenters. The number of piperazine rings is 1. The van der Waals surface area contributed by atoms with Crippen LogP contribution in [0.2, 0.25) is 0 Å². The number of nitrogens with zero attached hydrogens (tertiary/aromatic N) is 2. The molecule has 23 heavy (non-hydrogen) atoms. The van der Waals surface area contributed by atoms with Gasteiger partial charge < -0.3 is 14.2 Å². The van der Waals surface area contributed by atoms with Crippen LogP contribution in [0.15, 0.2) is 41.2 Å². The molecule has 2 heterocycles. The fourth-order valence-electron chi connectivity index (χ4n) is 2.54. The summed E-state index contributed by atoms with van der Waals surface area (Å²) in [6.45, 7) is 1.32. The van der Waals surface area contributed by atoms with Gasteiger partial charge in [-0.2, -0.15) is 0 Å². The van der Waals surface area contributed by atoms with Crippen LogP contribution in [0.4, 0.5) is 8.78 Å². The van der Waals surface area contributed by atoms with Gasteiger partial charge in [-0.1, -0.05) is 0 Å². The van der Waals surface area contributed by atoms with Crippen LogP contribution in [0.1, 0.15) is 20.7 Å². The van der Waals surface area contributed by atoms with Crippen molar-refractivity contribution >= 4 is 11.8 Å². The Morgan fingerprint density at radius 3 is 1.87 bits per heavy atom. The van der Waals surface area contributed by atoms with Gasteiger partial charge in [0.25, 0.3) is 11.8 Å². The van der Waals surface area contributed by atoms with E-state index in [-0.39, 0.29) is 11.5 Å². The van der Waals surface area contributed by atoms with E-state index in [1.807, 2.05) is 0 Å². The summed E-state index contributed by atoms with van der Waals surface area (Å²) in [4.78, 5) is 27.5. The van der Waals surface area contributed by atoms with E-state index >= 15 is 0 Å². The van der Waals surface area contributed by atoms with Crippen molar-refractivity contribution in [3.63, 3.8) is 0 Å². The van der Waals surface area contributed by atoms with Gasteiger partial charge in [0.1, 0.15) is 17.9 Å². The Kier molecular flexibility index (Phi) is 4.10. The van der Waals surface area contributed by atoms with E-state index in [0.29, 0.717) is 31.7 Å². The molecule has 5 nitrogen and oxygen atoms in total. The lowest BCUT2D eigenvalue weighted by atomic mass is 10.1. The third-order valence-corrected chi connectivity index (χ3v) is 3.73. The number of carbonyl (C=O) groups is 2. The summed E-state index contributed by atoms with van der Waals surface area (Å²) in [5.41, 5.74) is 0.425. The van der Waals surface area contributed by atoms with Crippen molar-refractivity contribution in [2.24, 2.45) is 0 Å². The predicted molar refractivity (Wildman–Crippen MR) is 76.9 cm³/mol. The first-order valence-corrected chi connectivity index (χ1v) is 7.11. The van der Waals surface area contributed by atoms with E-state index in [1.165, 1.54) is 17.4 Å². The molecule has 0 bridgehead atoms. The summed E-state index contributed by atoms with van der Waals surface area (Å²) >= 11 is 0. The third-order valence-electron chi connectivity index (χ3n) is 3.73. The lowest BCUT2D eigenvalue weighted by Gasteiger charge is -2.34. The zero-order chi connectivity index (χ0) is 16.4. The van der Waals surface area contributed by atoms with Gasteiger partial charge >= 0.3 is 0 Å². The highest BCUT2D eigenvalue weighted by atomic mass is 19.1. The molecule has 1 saturated heterocycles. The van der Waals surface area contributed by atoms with Crippen molar-refractivity contribution in [2.45, 2.75) is 0 Å². The number of hydrogen-bond acceptors (Lipinski definition) is 3. The van der Waals surface area contributed by atoms with Crippen LogP contribution in [-0.4, -0.2) is 47.8 Å². The Morgan fingerprint density at radius 1 is 0.870 bits per heavy atom. The molecule has 1 aromatic carbocycles. The van der Waals surface area contributed by atoms with Crippen LogP contribution >= 0.6 is 0 Å². The second-order valence-electron chi connectivity index (χ2n) is 5.25. The molecule has 3 rings (SSSR count). The number of benzene rings is 1. The highest BCUT2D eigenvalue weighted by Gasteiger charge is 2.26. The number of furan rings is 1. The topological polar surface area (TPSA) is 53.8 Å². The second kappa shape index (κ2) is 6.20. The first-order chi connectivity index (χ1) is 11.0. The third kappa shape index (κ3) is 3.23. The van der Waals surface area contributed by atoms with E-state index in [2.05, 4.69) is 0 Å². The average Bonchev–Trinajstić information content (AvgIpc) is 3.07. The van der Waals surface area contributed by atoms with Gasteiger partial charge in [0.2, 0.25) is 0 Å². The van der Waals surface area contributed by atoms with Crippen molar-refractivity contribution in [3.8, 4) is 0 Å². The van der Waals surface area contributed by atoms with Crippen molar-refractivity contribution in [3.05, 3.63) is 59.6 Å². The summed E-state index contributed by atoms with van der Waals surface area (Å²) in [5.74, 6) is -2.19. The summed E-state index contributed by atoms with van der Waals surface area (Å²) in [5, 5.41) is 0. The fourth-order valence-corrected chi connectivity index (χ4v) is 2.54. The van der Waals surface area contributed by atoms with E-state index in [4.69, 9.17) is 4.42 Å². The molecule has 0 spiro atoms. The molecule has 1 aromatic heterocycles. The molecule has 7 heteroatoms. The molecular formula is C16H14F2N2O3. The average molecular weight is 320 g/mol. The highest BCUT2D eigenvalue weighted by molar-refractivity contribution is 5.95. The van der Waals surface area contributed by atoms with Crippen LogP contribution in [0.5, 0.6) is 0 Å². The number of halogens is 2. The number of rotatable bonds is 2. The molecule has 0 unspecified atom stereocenters. The number of carbonyl (C=O) groups excluding carboxylic acids is 2. The fraction of sp³-hybridized carbons (Fsp3) is 0.250. The minimum absolute atomic E-state index is 0.0305. The van der Waals surface area contributed by atoms with Gasteiger partial charge in [0.05, 0.1) is 11.8 Å². The zero-order valence-corrected chi connectivity index (χ0v) is 12.2. The Labute approximate surface area is 131 Å². The standard InChI is InChI=1S/C16H14F2N2O3/c17-13-7-12(8-14(18)9-13)16(22)20-4-2-19(3-5-20)15(21)11-1-6-23-10-11/h1,6-10H,2-5H2. The quantitative estimate of drug-likeness (QED) is 0.852. The van der Waals surface area contributed by atoms with Gasteiger partial charge in [-0.15, -0.1) is 0 Å². The first kappa shape index (κ1) is 15.2. The SMILES string of the molecule is O=C(c1ccoc1)N1CCN(C(=O)c2cc(F)cc(F)c2)CC1. The van der Waals surface area contributed by atoms with Crippen LogP contribution in [0.25, 0.3) is 0 Å². The minimum Gasteiger partial charge on any atom is -0.472 e. The molecule has 0 aliphatic carbocycles. The maximum absolute atomic E-state index is 13.2. The van der Waals surface area contributed by atoms with E-state index in [9.17, 15) is 18.4 Å². The Balaban J connectivity index is 1.64. The predicted octanol–water partition coefficient (Wildman–Crippen LogP) is 2.16. The molecular weight excluding hydrogens is 306 g/mol. The van der Waals surface area contributed by atoms with Gasteiger partial charge in [-0.05, 0) is 18.2 Å². The second-order valence-corrected chi connectivity index (χ2v) is 5.25. The maximum Gasteiger partial charge on any atom is 0.257 e. The van der Waals surface area contributed by atoms with E-state index in [0.717, 1.165) is 18.2 Å². The van der Waals surface area contributed by atoms with Gasteiger partial charge in [-0.25, -0.2) is 8.78 Å². The van der Waals surface area contributed by atoms with Crippen molar-refractivity contribution in [1.82, 2.24) is 9.80 Å². The molecule has 1 fully saturated rings. The largest absolute Gasteiger partial charge is 0.472 e. The zero-order valence-electron chi connectivity index (χ0n) is 12.2. The Bertz CT molecular complexity index is 703. The summed E-state index contributed by atoms with van der Waals surface area (Å²) in [6.07, 6.45) is 2.79. The van der Waals surface area contributed by atoms with Gasteiger partial charge in [0, 0.05) is 37.8 Å². The summed E-state index contributed by atoms with van der Waals surface area (Å²) in [7, 11) is 0. The molecule has 0 radical (unpaired) electrons. The van der Waals surface area contributed by atoms with Crippen molar-refractivity contribution < 1.29 is 22.8 Å². The smallest absolute Gasteiger partial charge is 0.257 e. The van der Waals surface area contributed by atoms with Crippen LogP contribution in [0.3, 0.4) is 0 Å². The molecule has 120 valence electrons. The Hall–Kier alpha value is -2.70. The summed E-state index contributed by atoms with van der Waals surface area (Å²) < 4.78 is 31.3. The number of hydrogen-bond donors (Lipinski definition) is 0. The minimum atomic E-state index is -0.790. The van der Waals surface area contributed by atoms with Gasteiger partial charge in [-0.3, -0.25) is 9.59 Å². The van der Waals surface area contributed by atoms with Crippen molar-refractivity contribution in [2.75, 3.05) is 26.2 Å². The monoisotopic (exact) mass is 320 g/mol. The van der Waals surface area contributed by atoms with Crippen LogP contribution < -0.4 is 0 Å². The molecule has 2 amide bonds. The molecule has 0 saturated carbocycles. The molecule has 1 aliphatic heterocycles.